The summed E-state index contributed by atoms with van der Waals surface area (Å²) in [5.41, 5.74) is 0.278. The van der Waals surface area contributed by atoms with E-state index in [0.29, 0.717) is 23.8 Å². The SMILES string of the molecule is O=C(O)c1cc2c(cc1NS(=O)(=O)/C=C/c1ccc(Cl)cc1)OCCO2. The van der Waals surface area contributed by atoms with Gasteiger partial charge in [0, 0.05) is 17.2 Å². The average molecular weight is 396 g/mol. The number of aromatic carboxylic acids is 1. The molecule has 136 valence electrons. The summed E-state index contributed by atoms with van der Waals surface area (Å²) < 4.78 is 37.5. The Kier molecular flexibility index (Phi) is 5.06. The third-order valence-electron chi connectivity index (χ3n) is 3.47. The second kappa shape index (κ2) is 7.27. The van der Waals surface area contributed by atoms with Gasteiger partial charge in [-0.15, -0.1) is 0 Å². The topological polar surface area (TPSA) is 102 Å². The third-order valence-corrected chi connectivity index (χ3v) is 4.73. The molecule has 0 unspecified atom stereocenters. The predicted octanol–water partition coefficient (Wildman–Crippen LogP) is 3.22. The maximum absolute atomic E-state index is 12.3. The Morgan fingerprint density at radius 2 is 1.73 bits per heavy atom. The van der Waals surface area contributed by atoms with Crippen molar-refractivity contribution in [3.8, 4) is 11.5 Å². The van der Waals surface area contributed by atoms with Gasteiger partial charge in [0.2, 0.25) is 0 Å². The molecule has 2 N–H and O–H groups in total. The number of carboxylic acids is 1. The van der Waals surface area contributed by atoms with Crippen LogP contribution in [0.3, 0.4) is 0 Å². The highest BCUT2D eigenvalue weighted by molar-refractivity contribution is 7.95. The lowest BCUT2D eigenvalue weighted by atomic mass is 10.1. The van der Waals surface area contributed by atoms with Crippen LogP contribution in [0.2, 0.25) is 5.02 Å². The quantitative estimate of drug-likeness (QED) is 0.805. The van der Waals surface area contributed by atoms with E-state index in [1.165, 1.54) is 18.2 Å². The van der Waals surface area contributed by atoms with Gasteiger partial charge in [-0.2, -0.15) is 0 Å². The van der Waals surface area contributed by atoms with Crippen LogP contribution in [-0.2, 0) is 10.0 Å². The monoisotopic (exact) mass is 395 g/mol. The van der Waals surface area contributed by atoms with Crippen molar-refractivity contribution >= 4 is 39.4 Å². The number of fused-ring (bicyclic) bond motifs is 1. The second-order valence-corrected chi connectivity index (χ2v) is 7.35. The van der Waals surface area contributed by atoms with Crippen LogP contribution in [0.15, 0.2) is 41.8 Å². The minimum atomic E-state index is -3.95. The van der Waals surface area contributed by atoms with Crippen molar-refractivity contribution in [2.24, 2.45) is 0 Å². The van der Waals surface area contributed by atoms with E-state index in [1.54, 1.807) is 24.3 Å². The number of halogens is 1. The smallest absolute Gasteiger partial charge is 0.337 e. The third kappa shape index (κ3) is 4.27. The predicted molar refractivity (Wildman–Crippen MR) is 97.4 cm³/mol. The van der Waals surface area contributed by atoms with Gasteiger partial charge in [0.25, 0.3) is 10.0 Å². The summed E-state index contributed by atoms with van der Waals surface area (Å²) in [6.07, 6.45) is 1.37. The maximum Gasteiger partial charge on any atom is 0.337 e. The molecule has 0 amide bonds. The van der Waals surface area contributed by atoms with Crippen LogP contribution < -0.4 is 14.2 Å². The van der Waals surface area contributed by atoms with E-state index in [0.717, 1.165) is 5.41 Å². The lowest BCUT2D eigenvalue weighted by Crippen LogP contribution is -2.18. The summed E-state index contributed by atoms with van der Waals surface area (Å²) >= 11 is 5.78. The summed E-state index contributed by atoms with van der Waals surface area (Å²) in [4.78, 5) is 11.4. The fourth-order valence-electron chi connectivity index (χ4n) is 2.28. The maximum atomic E-state index is 12.3. The first-order valence-electron chi connectivity index (χ1n) is 7.47. The number of sulfonamides is 1. The standard InChI is InChI=1S/C17H14ClNO6S/c18-12-3-1-11(2-4-12)5-8-26(22,23)19-14-10-16-15(24-6-7-25-16)9-13(14)17(20)21/h1-5,8-10,19H,6-7H2,(H,20,21)/b8-5+. The van der Waals surface area contributed by atoms with Gasteiger partial charge in [-0.25, -0.2) is 13.2 Å². The number of hydrogen-bond donors (Lipinski definition) is 2. The summed E-state index contributed by atoms with van der Waals surface area (Å²) in [5, 5.41) is 10.8. The van der Waals surface area contributed by atoms with Crippen LogP contribution >= 0.6 is 11.6 Å². The molecule has 0 saturated carbocycles. The summed E-state index contributed by atoms with van der Waals surface area (Å²) in [7, 11) is -3.95. The van der Waals surface area contributed by atoms with Gasteiger partial charge in [-0.05, 0) is 23.8 Å². The fourth-order valence-corrected chi connectivity index (χ4v) is 3.29. The van der Waals surface area contributed by atoms with Crippen LogP contribution in [0.4, 0.5) is 5.69 Å². The molecule has 0 bridgehead atoms. The summed E-state index contributed by atoms with van der Waals surface area (Å²) in [6.45, 7) is 0.586. The van der Waals surface area contributed by atoms with Gasteiger partial charge in [0.15, 0.2) is 11.5 Å². The molecular formula is C17H14ClNO6S. The average Bonchev–Trinajstić information content (AvgIpc) is 2.60. The number of carbonyl (C=O) groups is 1. The fraction of sp³-hybridized carbons (Fsp3) is 0.118. The van der Waals surface area contributed by atoms with Gasteiger partial charge in [0.1, 0.15) is 13.2 Å². The van der Waals surface area contributed by atoms with E-state index in [-0.39, 0.29) is 22.7 Å². The molecule has 0 fully saturated rings. The molecule has 1 heterocycles. The number of hydrogen-bond acceptors (Lipinski definition) is 5. The van der Waals surface area contributed by atoms with Crippen molar-refractivity contribution in [2.45, 2.75) is 0 Å². The number of rotatable bonds is 5. The molecule has 0 radical (unpaired) electrons. The molecule has 0 saturated heterocycles. The zero-order chi connectivity index (χ0) is 18.7. The largest absolute Gasteiger partial charge is 0.486 e. The van der Waals surface area contributed by atoms with E-state index < -0.39 is 16.0 Å². The molecule has 2 aromatic carbocycles. The Labute approximate surface area is 154 Å². The van der Waals surface area contributed by atoms with Crippen molar-refractivity contribution in [1.29, 1.82) is 0 Å². The molecule has 1 aliphatic rings. The van der Waals surface area contributed by atoms with E-state index >= 15 is 0 Å². The Morgan fingerprint density at radius 1 is 1.12 bits per heavy atom. The minimum Gasteiger partial charge on any atom is -0.486 e. The van der Waals surface area contributed by atoms with Gasteiger partial charge in [0.05, 0.1) is 16.7 Å². The zero-order valence-electron chi connectivity index (χ0n) is 13.3. The molecule has 26 heavy (non-hydrogen) atoms. The van der Waals surface area contributed by atoms with Gasteiger partial charge in [-0.1, -0.05) is 23.7 Å². The van der Waals surface area contributed by atoms with E-state index in [1.807, 2.05) is 0 Å². The first-order chi connectivity index (χ1) is 12.3. The van der Waals surface area contributed by atoms with E-state index in [2.05, 4.69) is 4.72 Å². The Bertz CT molecular complexity index is 969. The highest BCUT2D eigenvalue weighted by atomic mass is 35.5. The summed E-state index contributed by atoms with van der Waals surface area (Å²) in [6, 6.07) is 9.10. The lowest BCUT2D eigenvalue weighted by molar-refractivity contribution is 0.0697. The highest BCUT2D eigenvalue weighted by Gasteiger charge is 2.21. The van der Waals surface area contributed by atoms with Crippen LogP contribution in [0.25, 0.3) is 6.08 Å². The van der Waals surface area contributed by atoms with Crippen molar-refractivity contribution in [3.63, 3.8) is 0 Å². The molecule has 2 aromatic rings. The van der Waals surface area contributed by atoms with Crippen LogP contribution in [-0.4, -0.2) is 32.7 Å². The summed E-state index contributed by atoms with van der Waals surface area (Å²) in [5.74, 6) is -0.754. The second-order valence-electron chi connectivity index (χ2n) is 5.35. The van der Waals surface area contributed by atoms with Gasteiger partial charge < -0.3 is 14.6 Å². The number of nitrogens with one attached hydrogen (secondary N) is 1. The molecule has 9 heteroatoms. The van der Waals surface area contributed by atoms with Crippen molar-refractivity contribution < 1.29 is 27.8 Å². The van der Waals surface area contributed by atoms with Gasteiger partial charge >= 0.3 is 5.97 Å². The van der Waals surface area contributed by atoms with Crippen molar-refractivity contribution in [3.05, 3.63) is 58.0 Å². The van der Waals surface area contributed by atoms with E-state index in [9.17, 15) is 18.3 Å². The molecule has 0 atom stereocenters. The van der Waals surface area contributed by atoms with Crippen molar-refractivity contribution in [2.75, 3.05) is 17.9 Å². The molecule has 7 nitrogen and oxygen atoms in total. The van der Waals surface area contributed by atoms with Crippen LogP contribution in [0.5, 0.6) is 11.5 Å². The minimum absolute atomic E-state index is 0.109. The lowest BCUT2D eigenvalue weighted by Gasteiger charge is -2.20. The number of anilines is 1. The molecule has 0 aliphatic carbocycles. The Hall–Kier alpha value is -2.71. The van der Waals surface area contributed by atoms with Crippen LogP contribution in [0.1, 0.15) is 15.9 Å². The normalized spacial score (nSPS) is 13.6. The molecule has 3 rings (SSSR count). The van der Waals surface area contributed by atoms with Gasteiger partial charge in [-0.3, -0.25) is 4.72 Å². The van der Waals surface area contributed by atoms with Crippen LogP contribution in [0, 0.1) is 0 Å². The number of carboxylic acid groups (broad SMARTS) is 1. The number of ether oxygens (including phenoxy) is 2. The zero-order valence-corrected chi connectivity index (χ0v) is 14.9. The Balaban J connectivity index is 1.88. The molecule has 0 aromatic heterocycles. The first-order valence-corrected chi connectivity index (χ1v) is 9.40. The highest BCUT2D eigenvalue weighted by Crippen LogP contribution is 2.36. The molecule has 1 aliphatic heterocycles. The molecular weight excluding hydrogens is 382 g/mol. The van der Waals surface area contributed by atoms with E-state index in [4.69, 9.17) is 21.1 Å². The number of benzene rings is 2. The van der Waals surface area contributed by atoms with Crippen molar-refractivity contribution in [1.82, 2.24) is 0 Å². The molecule has 0 spiro atoms. The Morgan fingerprint density at radius 3 is 2.35 bits per heavy atom. The first kappa shape index (κ1) is 18.1.